The van der Waals surface area contributed by atoms with Crippen LogP contribution in [0.1, 0.15) is 30.0 Å². The van der Waals surface area contributed by atoms with Gasteiger partial charge >= 0.3 is 5.97 Å². The molecule has 3 heterocycles. The van der Waals surface area contributed by atoms with Gasteiger partial charge < -0.3 is 10.0 Å². The molecular weight excluding hydrogens is 558 g/mol. The number of hydrogen-bond acceptors (Lipinski definition) is 9. The van der Waals surface area contributed by atoms with Gasteiger partial charge in [-0.15, -0.1) is 0 Å². The lowest BCUT2D eigenvalue weighted by atomic mass is 9.76. The average molecular weight is 586 g/mol. The van der Waals surface area contributed by atoms with Gasteiger partial charge in [0.05, 0.1) is 27.4 Å². The first-order chi connectivity index (χ1) is 20.6. The summed E-state index contributed by atoms with van der Waals surface area (Å²) in [5.74, 6) is -5.31. The Bertz CT molecular complexity index is 1640. The number of carbonyl (C=O) groups excluding carboxylic acids is 2. The van der Waals surface area contributed by atoms with Crippen LogP contribution >= 0.6 is 0 Å². The zero-order chi connectivity index (χ0) is 30.5. The van der Waals surface area contributed by atoms with Gasteiger partial charge in [-0.25, -0.2) is 4.90 Å². The zero-order valence-electron chi connectivity index (χ0n) is 22.8. The van der Waals surface area contributed by atoms with Gasteiger partial charge in [-0.3, -0.25) is 39.9 Å². The van der Waals surface area contributed by atoms with Gasteiger partial charge in [-0.05, 0) is 42.2 Å². The Morgan fingerprint density at radius 2 is 1.53 bits per heavy atom. The molecule has 0 spiro atoms. The summed E-state index contributed by atoms with van der Waals surface area (Å²) >= 11 is 0. The van der Waals surface area contributed by atoms with Crippen molar-refractivity contribution in [3.63, 3.8) is 0 Å². The third-order valence-electron chi connectivity index (χ3n) is 8.69. The molecule has 0 radical (unpaired) electrons. The fourth-order valence-electron chi connectivity index (χ4n) is 6.65. The zero-order valence-corrected chi connectivity index (χ0v) is 22.8. The normalized spacial score (nSPS) is 24.8. The first-order valence-electron chi connectivity index (χ1n) is 13.8. The second kappa shape index (κ2) is 10.6. The summed E-state index contributed by atoms with van der Waals surface area (Å²) in [6.07, 6.45) is 1.93. The van der Waals surface area contributed by atoms with E-state index in [0.717, 1.165) is 42.6 Å². The van der Waals surface area contributed by atoms with E-state index in [4.69, 9.17) is 0 Å². The van der Waals surface area contributed by atoms with E-state index in [1.54, 1.807) is 0 Å². The maximum Gasteiger partial charge on any atom is 0.325 e. The van der Waals surface area contributed by atoms with Crippen molar-refractivity contribution in [1.29, 1.82) is 0 Å². The van der Waals surface area contributed by atoms with Crippen LogP contribution in [0, 0.1) is 32.1 Å². The number of anilines is 2. The van der Waals surface area contributed by atoms with E-state index in [9.17, 15) is 39.7 Å². The highest BCUT2D eigenvalue weighted by molar-refractivity contribution is 6.24. The first kappa shape index (κ1) is 28.0. The summed E-state index contributed by atoms with van der Waals surface area (Å²) in [7, 11) is 0. The number of carbonyl (C=O) groups is 3. The molecule has 3 saturated heterocycles. The third kappa shape index (κ3) is 4.67. The monoisotopic (exact) mass is 585 g/mol. The fraction of sp³-hybridized carbons (Fsp3) is 0.300. The van der Waals surface area contributed by atoms with Crippen LogP contribution in [0.4, 0.5) is 22.7 Å². The molecule has 13 heteroatoms. The van der Waals surface area contributed by atoms with Gasteiger partial charge in [-0.2, -0.15) is 0 Å². The van der Waals surface area contributed by atoms with E-state index in [1.165, 1.54) is 42.5 Å². The van der Waals surface area contributed by atoms with Crippen LogP contribution in [0.5, 0.6) is 0 Å². The Morgan fingerprint density at radius 3 is 2.14 bits per heavy atom. The summed E-state index contributed by atoms with van der Waals surface area (Å²) < 4.78 is 0. The number of nitro benzene ring substituents is 2. The molecule has 4 unspecified atom stereocenters. The molecule has 3 aromatic rings. The molecule has 3 aliphatic heterocycles. The number of hydrogen-bond donors (Lipinski definition) is 2. The summed E-state index contributed by atoms with van der Waals surface area (Å²) in [6, 6.07) is 17.1. The van der Waals surface area contributed by atoms with Crippen LogP contribution in [-0.4, -0.2) is 51.4 Å². The third-order valence-corrected chi connectivity index (χ3v) is 8.69. The number of carboxylic acids is 1. The minimum atomic E-state index is -1.96. The molecule has 0 saturated carbocycles. The average Bonchev–Trinajstić information content (AvgIpc) is 3.71. The lowest BCUT2D eigenvalue weighted by Crippen LogP contribution is -2.57. The number of nitrogens with one attached hydrogen (secondary N) is 1. The quantitative estimate of drug-likeness (QED) is 0.225. The van der Waals surface area contributed by atoms with Crippen LogP contribution in [-0.2, 0) is 20.8 Å². The maximum absolute atomic E-state index is 14.1. The molecule has 43 heavy (non-hydrogen) atoms. The minimum Gasteiger partial charge on any atom is -0.480 e. The topological polar surface area (TPSA) is 176 Å². The fourth-order valence-corrected chi connectivity index (χ4v) is 6.65. The summed E-state index contributed by atoms with van der Waals surface area (Å²) in [4.78, 5) is 65.7. The van der Waals surface area contributed by atoms with Crippen LogP contribution in [0.25, 0.3) is 0 Å². The van der Waals surface area contributed by atoms with E-state index in [-0.39, 0.29) is 23.5 Å². The van der Waals surface area contributed by atoms with Crippen molar-refractivity contribution in [1.82, 2.24) is 5.32 Å². The Balaban J connectivity index is 1.44. The van der Waals surface area contributed by atoms with Crippen molar-refractivity contribution in [2.24, 2.45) is 11.8 Å². The molecule has 3 aromatic carbocycles. The molecule has 2 N–H and O–H groups in total. The Hall–Kier alpha value is -5.17. The Morgan fingerprint density at radius 1 is 0.884 bits per heavy atom. The molecule has 0 bridgehead atoms. The van der Waals surface area contributed by atoms with Crippen LogP contribution < -0.4 is 15.1 Å². The van der Waals surface area contributed by atoms with E-state index in [1.807, 2.05) is 24.3 Å². The van der Waals surface area contributed by atoms with Crippen molar-refractivity contribution in [2.75, 3.05) is 22.9 Å². The molecule has 0 aromatic heterocycles. The van der Waals surface area contributed by atoms with Gasteiger partial charge in [0.2, 0.25) is 11.8 Å². The minimum absolute atomic E-state index is 0.0173. The summed E-state index contributed by atoms with van der Waals surface area (Å²) in [5.41, 5.74) is -0.441. The van der Waals surface area contributed by atoms with E-state index in [2.05, 4.69) is 10.2 Å². The number of nitro groups is 2. The van der Waals surface area contributed by atoms with Crippen LogP contribution in [0.15, 0.2) is 72.8 Å². The van der Waals surface area contributed by atoms with E-state index in [0.29, 0.717) is 11.1 Å². The number of non-ortho nitro benzene ring substituents is 2. The van der Waals surface area contributed by atoms with Crippen LogP contribution in [0.2, 0.25) is 0 Å². The Labute approximate surface area is 245 Å². The number of aliphatic carboxylic acids is 1. The first-order valence-corrected chi connectivity index (χ1v) is 13.8. The van der Waals surface area contributed by atoms with E-state index >= 15 is 0 Å². The van der Waals surface area contributed by atoms with Crippen LogP contribution in [0.3, 0.4) is 0 Å². The number of benzene rings is 3. The molecule has 220 valence electrons. The van der Waals surface area contributed by atoms with Crippen molar-refractivity contribution in [3.05, 3.63) is 104 Å². The van der Waals surface area contributed by atoms with Crippen molar-refractivity contribution >= 4 is 40.5 Å². The number of imide groups is 1. The lowest BCUT2D eigenvalue weighted by Gasteiger charge is -2.31. The molecule has 13 nitrogen and oxygen atoms in total. The van der Waals surface area contributed by atoms with Gasteiger partial charge in [0.1, 0.15) is 5.54 Å². The predicted molar refractivity (Wildman–Crippen MR) is 154 cm³/mol. The SMILES string of the molecule is O=C1C2C(c3ccc(N4CCCC4)cc3)NC(Cc3ccc([N+](=O)[O-])cc3)(C(=O)O)C2C(=O)N1c1cccc([N+](=O)[O-])c1. The smallest absolute Gasteiger partial charge is 0.325 e. The highest BCUT2D eigenvalue weighted by Gasteiger charge is 2.68. The standard InChI is InChI=1S/C30H27N5O8/c36-27-24-25(28(37)33(27)22-4-3-5-23(16-22)35(42)43)30(29(38)39,17-18-6-10-21(11-7-18)34(40)41)31-26(24)19-8-12-20(13-9-19)32-14-1-2-15-32/h3-13,16,24-26,31H,1-2,14-15,17H2,(H,38,39). The number of nitrogens with zero attached hydrogens (tertiary/aromatic N) is 4. The largest absolute Gasteiger partial charge is 0.480 e. The van der Waals surface area contributed by atoms with Crippen molar-refractivity contribution in [3.8, 4) is 0 Å². The number of amides is 2. The molecule has 4 atom stereocenters. The number of rotatable bonds is 8. The summed E-state index contributed by atoms with van der Waals surface area (Å²) in [6.45, 7) is 1.85. The van der Waals surface area contributed by atoms with E-state index < -0.39 is 51.0 Å². The highest BCUT2D eigenvalue weighted by atomic mass is 16.6. The van der Waals surface area contributed by atoms with Gasteiger partial charge in [0.15, 0.2) is 0 Å². The number of fused-ring (bicyclic) bond motifs is 1. The second-order valence-electron chi connectivity index (χ2n) is 11.1. The van der Waals surface area contributed by atoms with Gasteiger partial charge in [0.25, 0.3) is 11.4 Å². The highest BCUT2D eigenvalue weighted by Crippen LogP contribution is 2.51. The van der Waals surface area contributed by atoms with Gasteiger partial charge in [-0.1, -0.05) is 30.3 Å². The predicted octanol–water partition coefficient (Wildman–Crippen LogP) is 3.62. The number of carboxylic acid groups (broad SMARTS) is 1. The Kier molecular flexibility index (Phi) is 6.89. The lowest BCUT2D eigenvalue weighted by molar-refractivity contribution is -0.385. The van der Waals surface area contributed by atoms with Crippen molar-refractivity contribution < 1.29 is 29.3 Å². The summed E-state index contributed by atoms with van der Waals surface area (Å²) in [5, 5.41) is 36.4. The molecule has 3 fully saturated rings. The van der Waals surface area contributed by atoms with Gasteiger partial charge in [0, 0.05) is 55.5 Å². The van der Waals surface area contributed by atoms with Crippen molar-refractivity contribution in [2.45, 2.75) is 30.8 Å². The molecule has 0 aliphatic carbocycles. The molecule has 6 rings (SSSR count). The maximum atomic E-state index is 14.1. The molecule has 2 amide bonds. The molecular formula is C30H27N5O8. The second-order valence-corrected chi connectivity index (χ2v) is 11.1. The molecule has 3 aliphatic rings.